The molecule has 1 aromatic carbocycles. The Hall–Kier alpha value is -1.50. The van der Waals surface area contributed by atoms with Crippen molar-refractivity contribution in [1.29, 1.82) is 0 Å². The summed E-state index contributed by atoms with van der Waals surface area (Å²) in [6, 6.07) is 5.71. The van der Waals surface area contributed by atoms with Crippen LogP contribution in [0.15, 0.2) is 36.8 Å². The van der Waals surface area contributed by atoms with Gasteiger partial charge in [0.05, 0.1) is 17.7 Å². The summed E-state index contributed by atoms with van der Waals surface area (Å²) < 4.78 is 41.7. The number of hydrogen-bond donors (Lipinski definition) is 0. The number of imidazole rings is 1. The first-order valence-corrected chi connectivity index (χ1v) is 6.05. The molecule has 0 atom stereocenters. The Kier molecular flexibility index (Phi) is 3.60. The number of rotatable bonds is 3. The van der Waals surface area contributed by atoms with E-state index in [0.29, 0.717) is 11.0 Å². The fourth-order valence-electron chi connectivity index (χ4n) is 1.42. The lowest BCUT2D eigenvalue weighted by Gasteiger charge is -2.10. The molecule has 0 amide bonds. The number of aromatic nitrogens is 2. The van der Waals surface area contributed by atoms with Gasteiger partial charge in [-0.15, -0.1) is 13.2 Å². The zero-order chi connectivity index (χ0) is 13.2. The van der Waals surface area contributed by atoms with Crippen LogP contribution in [0.1, 0.15) is 5.69 Å². The summed E-state index contributed by atoms with van der Waals surface area (Å²) >= 11 is 3.25. The minimum Gasteiger partial charge on any atom is -0.406 e. The van der Waals surface area contributed by atoms with Crippen molar-refractivity contribution in [3.05, 3.63) is 42.5 Å². The van der Waals surface area contributed by atoms with E-state index in [1.54, 1.807) is 16.8 Å². The average Bonchev–Trinajstić information content (AvgIpc) is 2.75. The Balaban J connectivity index is 2.26. The van der Waals surface area contributed by atoms with Gasteiger partial charge in [-0.2, -0.15) is 0 Å². The molecule has 0 saturated carbocycles. The molecule has 7 heteroatoms. The molecule has 96 valence electrons. The third-order valence-electron chi connectivity index (χ3n) is 2.12. The number of halogens is 4. The summed E-state index contributed by atoms with van der Waals surface area (Å²) in [6.45, 7) is 0. The van der Waals surface area contributed by atoms with E-state index in [1.807, 2.05) is 0 Å². The Labute approximate surface area is 109 Å². The third kappa shape index (κ3) is 3.25. The average molecular weight is 321 g/mol. The molecule has 0 saturated heterocycles. The third-order valence-corrected chi connectivity index (χ3v) is 2.70. The second kappa shape index (κ2) is 5.01. The predicted molar refractivity (Wildman–Crippen MR) is 62.9 cm³/mol. The summed E-state index contributed by atoms with van der Waals surface area (Å²) in [4.78, 5) is 4.07. The Bertz CT molecular complexity index is 539. The molecule has 0 fully saturated rings. The van der Waals surface area contributed by atoms with E-state index in [2.05, 4.69) is 25.7 Å². The number of benzene rings is 1. The molecule has 0 spiro atoms. The number of hydrogen-bond acceptors (Lipinski definition) is 2. The highest BCUT2D eigenvalue weighted by atomic mass is 79.9. The maximum atomic E-state index is 12.1. The van der Waals surface area contributed by atoms with E-state index < -0.39 is 6.36 Å². The molecule has 2 rings (SSSR count). The van der Waals surface area contributed by atoms with E-state index in [1.165, 1.54) is 24.5 Å². The molecule has 1 heterocycles. The first kappa shape index (κ1) is 12.9. The standard InChI is InChI=1S/C11H8BrF3N2O/c12-5-8-6-17(7-16-8)9-2-1-3-10(4-9)18-11(13,14)15/h1-4,6-7H,5H2. The lowest BCUT2D eigenvalue weighted by atomic mass is 10.3. The van der Waals surface area contributed by atoms with Crippen molar-refractivity contribution in [2.24, 2.45) is 0 Å². The van der Waals surface area contributed by atoms with Gasteiger partial charge < -0.3 is 9.30 Å². The van der Waals surface area contributed by atoms with Gasteiger partial charge in [0.15, 0.2) is 0 Å². The Morgan fingerprint density at radius 1 is 1.33 bits per heavy atom. The van der Waals surface area contributed by atoms with Crippen molar-refractivity contribution in [3.63, 3.8) is 0 Å². The first-order valence-electron chi connectivity index (χ1n) is 4.93. The number of alkyl halides is 4. The van der Waals surface area contributed by atoms with Crippen LogP contribution in [0.3, 0.4) is 0 Å². The van der Waals surface area contributed by atoms with Gasteiger partial charge in [0, 0.05) is 17.6 Å². The molecule has 2 aromatic rings. The van der Waals surface area contributed by atoms with Crippen molar-refractivity contribution < 1.29 is 17.9 Å². The van der Waals surface area contributed by atoms with Gasteiger partial charge in [-0.05, 0) is 12.1 Å². The summed E-state index contributed by atoms with van der Waals surface area (Å²) in [5, 5.41) is 0.582. The highest BCUT2D eigenvalue weighted by Crippen LogP contribution is 2.24. The number of nitrogens with zero attached hydrogens (tertiary/aromatic N) is 2. The van der Waals surface area contributed by atoms with E-state index in [4.69, 9.17) is 0 Å². The van der Waals surface area contributed by atoms with Crippen molar-refractivity contribution >= 4 is 15.9 Å². The highest BCUT2D eigenvalue weighted by Gasteiger charge is 2.31. The molecule has 0 radical (unpaired) electrons. The van der Waals surface area contributed by atoms with Crippen molar-refractivity contribution in [1.82, 2.24) is 9.55 Å². The van der Waals surface area contributed by atoms with Gasteiger partial charge in [0.25, 0.3) is 0 Å². The van der Waals surface area contributed by atoms with Crippen LogP contribution in [0.25, 0.3) is 5.69 Å². The smallest absolute Gasteiger partial charge is 0.406 e. The Morgan fingerprint density at radius 3 is 2.72 bits per heavy atom. The molecule has 1 aromatic heterocycles. The summed E-state index contributed by atoms with van der Waals surface area (Å²) in [7, 11) is 0. The molecule has 0 unspecified atom stereocenters. The van der Waals surface area contributed by atoms with E-state index >= 15 is 0 Å². The highest BCUT2D eigenvalue weighted by molar-refractivity contribution is 9.08. The SMILES string of the molecule is FC(F)(F)Oc1cccc(-n2cnc(CBr)c2)c1. The quantitative estimate of drug-likeness (QED) is 0.807. The minimum atomic E-state index is -4.69. The molecule has 0 aliphatic rings. The lowest BCUT2D eigenvalue weighted by molar-refractivity contribution is -0.274. The van der Waals surface area contributed by atoms with E-state index in [0.717, 1.165) is 5.69 Å². The maximum Gasteiger partial charge on any atom is 0.573 e. The largest absolute Gasteiger partial charge is 0.573 e. The molecule has 0 aliphatic heterocycles. The molecular formula is C11H8BrF3N2O. The molecule has 0 bridgehead atoms. The molecule has 3 nitrogen and oxygen atoms in total. The number of ether oxygens (including phenoxy) is 1. The summed E-state index contributed by atoms with van der Waals surface area (Å²) in [5.41, 5.74) is 1.34. The normalized spacial score (nSPS) is 11.6. The molecule has 0 N–H and O–H groups in total. The van der Waals surface area contributed by atoms with E-state index in [-0.39, 0.29) is 5.75 Å². The fraction of sp³-hybridized carbons (Fsp3) is 0.182. The van der Waals surface area contributed by atoms with Crippen LogP contribution in [0.5, 0.6) is 5.75 Å². The van der Waals surface area contributed by atoms with Crippen LogP contribution in [0.4, 0.5) is 13.2 Å². The Morgan fingerprint density at radius 2 is 2.11 bits per heavy atom. The lowest BCUT2D eigenvalue weighted by Crippen LogP contribution is -2.17. The van der Waals surface area contributed by atoms with Gasteiger partial charge in [-0.25, -0.2) is 4.98 Å². The summed E-state index contributed by atoms with van der Waals surface area (Å²) in [5.74, 6) is -0.255. The van der Waals surface area contributed by atoms with Crippen LogP contribution in [0, 0.1) is 0 Å². The first-order chi connectivity index (χ1) is 8.48. The second-order valence-corrected chi connectivity index (χ2v) is 4.01. The van der Waals surface area contributed by atoms with Gasteiger partial charge in [-0.1, -0.05) is 22.0 Å². The van der Waals surface area contributed by atoms with Gasteiger partial charge in [0.1, 0.15) is 5.75 Å². The maximum absolute atomic E-state index is 12.1. The zero-order valence-electron chi connectivity index (χ0n) is 8.99. The van der Waals surface area contributed by atoms with Crippen LogP contribution >= 0.6 is 15.9 Å². The van der Waals surface area contributed by atoms with Crippen LogP contribution in [-0.2, 0) is 5.33 Å². The second-order valence-electron chi connectivity index (χ2n) is 3.45. The predicted octanol–water partition coefficient (Wildman–Crippen LogP) is 3.67. The minimum absolute atomic E-state index is 0.255. The molecular weight excluding hydrogens is 313 g/mol. The molecule has 0 aliphatic carbocycles. The van der Waals surface area contributed by atoms with Crippen molar-refractivity contribution in [2.45, 2.75) is 11.7 Å². The van der Waals surface area contributed by atoms with Gasteiger partial charge in [0.2, 0.25) is 0 Å². The van der Waals surface area contributed by atoms with Crippen LogP contribution in [0.2, 0.25) is 0 Å². The van der Waals surface area contributed by atoms with Crippen molar-refractivity contribution in [2.75, 3.05) is 0 Å². The fourth-order valence-corrected chi connectivity index (χ4v) is 1.70. The van der Waals surface area contributed by atoms with Crippen LogP contribution in [-0.4, -0.2) is 15.9 Å². The van der Waals surface area contributed by atoms with Crippen molar-refractivity contribution in [3.8, 4) is 11.4 Å². The topological polar surface area (TPSA) is 27.1 Å². The van der Waals surface area contributed by atoms with Crippen LogP contribution < -0.4 is 4.74 Å². The monoisotopic (exact) mass is 320 g/mol. The van der Waals surface area contributed by atoms with Gasteiger partial charge >= 0.3 is 6.36 Å². The molecule has 18 heavy (non-hydrogen) atoms. The summed E-state index contributed by atoms with van der Waals surface area (Å²) in [6.07, 6.45) is -1.43. The van der Waals surface area contributed by atoms with Gasteiger partial charge in [-0.3, -0.25) is 0 Å². The van der Waals surface area contributed by atoms with E-state index in [9.17, 15) is 13.2 Å². The zero-order valence-corrected chi connectivity index (χ0v) is 10.6.